The van der Waals surface area contributed by atoms with E-state index in [4.69, 9.17) is 4.74 Å². The molecule has 0 bridgehead atoms. The van der Waals surface area contributed by atoms with Gasteiger partial charge in [0.25, 0.3) is 0 Å². The van der Waals surface area contributed by atoms with Crippen LogP contribution in [0.5, 0.6) is 5.88 Å². The molecular formula is C20H27N7O3S. The van der Waals surface area contributed by atoms with Gasteiger partial charge in [0, 0.05) is 24.8 Å². The van der Waals surface area contributed by atoms with Gasteiger partial charge in [-0.3, -0.25) is 5.10 Å². The van der Waals surface area contributed by atoms with Gasteiger partial charge in [-0.2, -0.15) is 14.5 Å². The molecule has 3 aromatic rings. The number of nitrogens with one attached hydrogen (secondary N) is 1. The number of rotatable bonds is 6. The van der Waals surface area contributed by atoms with E-state index in [1.807, 2.05) is 19.9 Å². The fourth-order valence-corrected chi connectivity index (χ4v) is 5.76. The summed E-state index contributed by atoms with van der Waals surface area (Å²) >= 11 is 0. The van der Waals surface area contributed by atoms with E-state index in [2.05, 4.69) is 25.3 Å². The molecule has 0 radical (unpaired) electrons. The molecule has 0 atom stereocenters. The van der Waals surface area contributed by atoms with Gasteiger partial charge in [0.1, 0.15) is 11.2 Å². The van der Waals surface area contributed by atoms with E-state index in [1.54, 1.807) is 28.9 Å². The van der Waals surface area contributed by atoms with Crippen LogP contribution < -0.4 is 4.74 Å². The maximum absolute atomic E-state index is 13.0. The first kappa shape index (κ1) is 21.4. The van der Waals surface area contributed by atoms with Crippen molar-refractivity contribution in [2.24, 2.45) is 5.92 Å². The predicted molar refractivity (Wildman–Crippen MR) is 114 cm³/mol. The molecule has 4 heterocycles. The third-order valence-corrected chi connectivity index (χ3v) is 7.72. The van der Waals surface area contributed by atoms with Crippen molar-refractivity contribution in [1.82, 2.24) is 34.3 Å². The van der Waals surface area contributed by atoms with Crippen molar-refractivity contribution in [3.05, 3.63) is 41.2 Å². The summed E-state index contributed by atoms with van der Waals surface area (Å²) in [7, 11) is -3.54. The Hall–Kier alpha value is -2.79. The van der Waals surface area contributed by atoms with Crippen molar-refractivity contribution in [2.45, 2.75) is 45.4 Å². The molecule has 10 nitrogen and oxygen atoms in total. The molecule has 0 saturated carbocycles. The van der Waals surface area contributed by atoms with Crippen LogP contribution in [0.2, 0.25) is 0 Å². The van der Waals surface area contributed by atoms with Gasteiger partial charge in [0.05, 0.1) is 23.7 Å². The van der Waals surface area contributed by atoms with Gasteiger partial charge in [0.15, 0.2) is 5.82 Å². The van der Waals surface area contributed by atoms with E-state index in [0.717, 1.165) is 24.2 Å². The van der Waals surface area contributed by atoms with E-state index in [0.29, 0.717) is 47.7 Å². The highest BCUT2D eigenvalue weighted by Crippen LogP contribution is 2.27. The molecule has 1 saturated heterocycles. The summed E-state index contributed by atoms with van der Waals surface area (Å²) in [6.07, 6.45) is 2.92. The van der Waals surface area contributed by atoms with Crippen LogP contribution in [0.4, 0.5) is 0 Å². The molecule has 0 amide bonds. The van der Waals surface area contributed by atoms with Gasteiger partial charge in [-0.15, -0.1) is 0 Å². The lowest BCUT2D eigenvalue weighted by Crippen LogP contribution is -2.40. The molecule has 11 heteroatoms. The molecule has 0 unspecified atom stereocenters. The smallest absolute Gasteiger partial charge is 0.246 e. The third kappa shape index (κ3) is 4.33. The normalized spacial score (nSPS) is 16.0. The fraction of sp³-hybridized carbons (Fsp3) is 0.500. The Morgan fingerprint density at radius 2 is 1.87 bits per heavy atom. The summed E-state index contributed by atoms with van der Waals surface area (Å²) in [6.45, 7) is 8.74. The summed E-state index contributed by atoms with van der Waals surface area (Å²) in [4.78, 5) is 8.78. The highest BCUT2D eigenvalue weighted by molar-refractivity contribution is 7.89. The molecule has 166 valence electrons. The second-order valence-electron chi connectivity index (χ2n) is 7.97. The largest absolute Gasteiger partial charge is 0.477 e. The van der Waals surface area contributed by atoms with Crippen LogP contribution in [0.25, 0.3) is 5.82 Å². The second-order valence-corrected chi connectivity index (χ2v) is 9.85. The molecule has 0 aromatic carbocycles. The Kier molecular flexibility index (Phi) is 5.80. The molecule has 4 rings (SSSR count). The summed E-state index contributed by atoms with van der Waals surface area (Å²) in [5.74, 6) is 1.39. The summed E-state index contributed by atoms with van der Waals surface area (Å²) in [5.41, 5.74) is 2.98. The zero-order valence-electron chi connectivity index (χ0n) is 18.2. The van der Waals surface area contributed by atoms with Crippen molar-refractivity contribution in [3.63, 3.8) is 0 Å². The Morgan fingerprint density at radius 3 is 2.48 bits per heavy atom. The van der Waals surface area contributed by atoms with Crippen LogP contribution in [-0.4, -0.2) is 62.4 Å². The minimum atomic E-state index is -3.54. The molecule has 1 aliphatic heterocycles. The summed E-state index contributed by atoms with van der Waals surface area (Å²) in [5, 5.41) is 11.2. The van der Waals surface area contributed by atoms with Gasteiger partial charge in [-0.25, -0.2) is 23.1 Å². The van der Waals surface area contributed by atoms with Crippen molar-refractivity contribution in [3.8, 4) is 11.7 Å². The van der Waals surface area contributed by atoms with E-state index in [-0.39, 0.29) is 5.92 Å². The van der Waals surface area contributed by atoms with E-state index in [9.17, 15) is 8.42 Å². The first-order valence-electron chi connectivity index (χ1n) is 10.3. The van der Waals surface area contributed by atoms with Crippen molar-refractivity contribution < 1.29 is 13.2 Å². The standard InChI is InChI=1S/C20H27N7O3S/c1-13-9-14(2)27(25-13)18-10-19(22-12-21-18)30-11-17-5-7-26(8-6-17)31(28,29)20-15(3)23-24-16(20)4/h9-10,12,17H,5-8,11H2,1-4H3,(H,23,24). The van der Waals surface area contributed by atoms with Gasteiger partial charge < -0.3 is 4.74 Å². The molecule has 0 aliphatic carbocycles. The van der Waals surface area contributed by atoms with Crippen LogP contribution in [0, 0.1) is 33.6 Å². The number of aromatic nitrogens is 6. The fourth-order valence-electron chi connectivity index (χ4n) is 3.95. The molecule has 1 fully saturated rings. The average Bonchev–Trinajstić information content (AvgIpc) is 3.27. The number of sulfonamides is 1. The van der Waals surface area contributed by atoms with E-state index < -0.39 is 10.0 Å². The first-order chi connectivity index (χ1) is 14.8. The monoisotopic (exact) mass is 445 g/mol. The lowest BCUT2D eigenvalue weighted by atomic mass is 9.99. The second kappa shape index (κ2) is 8.39. The number of hydrogen-bond acceptors (Lipinski definition) is 7. The lowest BCUT2D eigenvalue weighted by Gasteiger charge is -2.31. The number of aromatic amines is 1. The number of ether oxygens (including phenoxy) is 1. The van der Waals surface area contributed by atoms with Crippen molar-refractivity contribution in [2.75, 3.05) is 19.7 Å². The minimum absolute atomic E-state index is 0.255. The Labute approximate surface area is 181 Å². The molecule has 1 aliphatic rings. The van der Waals surface area contributed by atoms with E-state index in [1.165, 1.54) is 6.33 Å². The number of nitrogens with zero attached hydrogens (tertiary/aromatic N) is 6. The van der Waals surface area contributed by atoms with Gasteiger partial charge in [-0.1, -0.05) is 0 Å². The maximum Gasteiger partial charge on any atom is 0.246 e. The molecule has 3 aromatic heterocycles. The predicted octanol–water partition coefficient (Wildman–Crippen LogP) is 2.10. The zero-order valence-corrected chi connectivity index (χ0v) is 19.0. The van der Waals surface area contributed by atoms with Crippen LogP contribution in [-0.2, 0) is 10.0 Å². The van der Waals surface area contributed by atoms with Crippen molar-refractivity contribution in [1.29, 1.82) is 0 Å². The van der Waals surface area contributed by atoms with Crippen LogP contribution in [0.3, 0.4) is 0 Å². The first-order valence-corrected chi connectivity index (χ1v) is 11.7. The molecular weight excluding hydrogens is 418 g/mol. The number of hydrogen-bond donors (Lipinski definition) is 1. The lowest BCUT2D eigenvalue weighted by molar-refractivity contribution is 0.180. The SMILES string of the molecule is Cc1cc(C)n(-c2cc(OCC3CCN(S(=O)(=O)c4c(C)n[nH]c4C)CC3)ncn2)n1. The van der Waals surface area contributed by atoms with Crippen LogP contribution in [0.1, 0.15) is 35.6 Å². The topological polar surface area (TPSA) is 119 Å². The quantitative estimate of drug-likeness (QED) is 0.617. The summed E-state index contributed by atoms with van der Waals surface area (Å²) < 4.78 is 35.2. The van der Waals surface area contributed by atoms with Gasteiger partial charge in [0.2, 0.25) is 15.9 Å². The van der Waals surface area contributed by atoms with Crippen LogP contribution >= 0.6 is 0 Å². The Balaban J connectivity index is 1.36. The maximum atomic E-state index is 13.0. The van der Waals surface area contributed by atoms with Gasteiger partial charge in [-0.05, 0) is 52.5 Å². The van der Waals surface area contributed by atoms with E-state index >= 15 is 0 Å². The Bertz CT molecular complexity index is 1160. The number of piperidine rings is 1. The average molecular weight is 446 g/mol. The zero-order chi connectivity index (χ0) is 22.2. The highest BCUT2D eigenvalue weighted by atomic mass is 32.2. The minimum Gasteiger partial charge on any atom is -0.477 e. The molecule has 1 N–H and O–H groups in total. The molecule has 0 spiro atoms. The Morgan fingerprint density at radius 1 is 1.13 bits per heavy atom. The third-order valence-electron chi connectivity index (χ3n) is 5.55. The summed E-state index contributed by atoms with van der Waals surface area (Å²) in [6, 6.07) is 3.75. The van der Waals surface area contributed by atoms with Crippen LogP contribution in [0.15, 0.2) is 23.4 Å². The number of aryl methyl sites for hydroxylation is 4. The highest BCUT2D eigenvalue weighted by Gasteiger charge is 2.33. The van der Waals surface area contributed by atoms with Gasteiger partial charge >= 0.3 is 0 Å². The van der Waals surface area contributed by atoms with Crippen molar-refractivity contribution >= 4 is 10.0 Å². The molecule has 31 heavy (non-hydrogen) atoms. The number of H-pyrrole nitrogens is 1.